The monoisotopic (exact) mass is 553 g/mol. The summed E-state index contributed by atoms with van der Waals surface area (Å²) in [4.78, 5) is 31.8. The molecule has 2 aromatic rings. The average Bonchev–Trinajstić information content (AvgIpc) is 3.53. The van der Waals surface area contributed by atoms with E-state index in [4.69, 9.17) is 4.74 Å². The van der Waals surface area contributed by atoms with Gasteiger partial charge >= 0.3 is 5.97 Å². The van der Waals surface area contributed by atoms with Gasteiger partial charge in [0.05, 0.1) is 17.0 Å². The molecule has 214 valence electrons. The number of carbonyl (C=O) groups excluding carboxylic acids is 1. The number of hydrogen-bond acceptors (Lipinski definition) is 4. The van der Waals surface area contributed by atoms with Gasteiger partial charge in [0.25, 0.3) is 5.91 Å². The second-order valence-corrected chi connectivity index (χ2v) is 13.2. The lowest BCUT2D eigenvalue weighted by Gasteiger charge is -2.48. The van der Waals surface area contributed by atoms with Crippen LogP contribution in [0.5, 0.6) is 0 Å². The number of hydrogen-bond donors (Lipinski definition) is 1. The third kappa shape index (κ3) is 3.58. The van der Waals surface area contributed by atoms with Crippen molar-refractivity contribution in [3.05, 3.63) is 70.0 Å². The number of likely N-dealkylation sites (N-methyl/N-ethyl adjacent to an activating group) is 1. The summed E-state index contributed by atoms with van der Waals surface area (Å²) in [7, 11) is 3.83. The van der Waals surface area contributed by atoms with Crippen LogP contribution in [0.4, 0.5) is 0 Å². The molecule has 1 aromatic carbocycles. The van der Waals surface area contributed by atoms with Crippen LogP contribution in [0.2, 0.25) is 0 Å². The molecule has 2 bridgehead atoms. The number of methoxy groups -OCH3 is 1. The quantitative estimate of drug-likeness (QED) is 0.569. The molecule has 4 heterocycles. The molecule has 1 N–H and O–H groups in total. The van der Waals surface area contributed by atoms with Gasteiger partial charge in [0.2, 0.25) is 0 Å². The van der Waals surface area contributed by atoms with Crippen LogP contribution in [0, 0.1) is 0 Å². The van der Waals surface area contributed by atoms with Gasteiger partial charge in [-0.3, -0.25) is 4.79 Å². The lowest BCUT2D eigenvalue weighted by molar-refractivity contribution is -0.163. The Balaban J connectivity index is 1.33. The summed E-state index contributed by atoms with van der Waals surface area (Å²) in [5, 5.41) is 11.4. The number of nitrogens with zero attached hydrogens (tertiary/aromatic N) is 3. The Morgan fingerprint density at radius 1 is 1.05 bits per heavy atom. The number of carboxylic acids is 1. The number of para-hydroxylation sites is 1. The van der Waals surface area contributed by atoms with E-state index in [1.165, 1.54) is 48.6 Å². The maximum Gasteiger partial charge on any atom is 0.336 e. The SMILES string of the molecule is CO[C@@]1(C(=O)N2C3CCC2CN(C)C3)CC=CC2=C3C(=C3C(=O)O)Cn3c(cc4cccc(C5CCCCC5)c43)C21. The first-order chi connectivity index (χ1) is 19.9. The van der Waals surface area contributed by atoms with E-state index in [0.717, 1.165) is 48.3 Å². The summed E-state index contributed by atoms with van der Waals surface area (Å²) in [6, 6.07) is 9.30. The van der Waals surface area contributed by atoms with Crippen LogP contribution in [-0.4, -0.2) is 76.3 Å². The molecule has 3 aliphatic heterocycles. The number of benzene rings is 1. The fourth-order valence-corrected chi connectivity index (χ4v) is 9.24. The highest BCUT2D eigenvalue weighted by molar-refractivity contribution is 6.05. The third-order valence-electron chi connectivity index (χ3n) is 11.1. The van der Waals surface area contributed by atoms with E-state index in [2.05, 4.69) is 51.8 Å². The third-order valence-corrected chi connectivity index (χ3v) is 11.1. The smallest absolute Gasteiger partial charge is 0.336 e. The largest absolute Gasteiger partial charge is 0.478 e. The molecule has 1 saturated carbocycles. The van der Waals surface area contributed by atoms with Crippen molar-refractivity contribution in [2.75, 3.05) is 27.2 Å². The predicted octanol–water partition coefficient (Wildman–Crippen LogP) is 5.13. The first-order valence-corrected chi connectivity index (χ1v) is 15.5. The minimum Gasteiger partial charge on any atom is -0.478 e. The average molecular weight is 554 g/mol. The lowest BCUT2D eigenvalue weighted by atomic mass is 9.71. The van der Waals surface area contributed by atoms with E-state index in [0.29, 0.717) is 24.5 Å². The Morgan fingerprint density at radius 3 is 2.51 bits per heavy atom. The van der Waals surface area contributed by atoms with E-state index >= 15 is 0 Å². The van der Waals surface area contributed by atoms with Gasteiger partial charge in [0, 0.05) is 56.3 Å². The number of likely N-dealkylation sites (tertiary alicyclic amines) is 1. The highest BCUT2D eigenvalue weighted by Gasteiger charge is 2.58. The predicted molar refractivity (Wildman–Crippen MR) is 157 cm³/mol. The topological polar surface area (TPSA) is 75.0 Å². The van der Waals surface area contributed by atoms with Gasteiger partial charge in [0.1, 0.15) is 0 Å². The van der Waals surface area contributed by atoms with Gasteiger partial charge in [-0.1, -0.05) is 49.6 Å². The fourth-order valence-electron chi connectivity index (χ4n) is 9.24. The Hall–Kier alpha value is -3.16. The molecule has 8 rings (SSSR count). The number of aromatic nitrogens is 1. The van der Waals surface area contributed by atoms with Gasteiger partial charge in [-0.2, -0.15) is 0 Å². The van der Waals surface area contributed by atoms with Gasteiger partial charge in [-0.25, -0.2) is 4.79 Å². The van der Waals surface area contributed by atoms with Crippen LogP contribution >= 0.6 is 0 Å². The van der Waals surface area contributed by atoms with Crippen molar-refractivity contribution in [2.45, 2.75) is 87.4 Å². The highest BCUT2D eigenvalue weighted by Crippen LogP contribution is 2.57. The van der Waals surface area contributed by atoms with Crippen molar-refractivity contribution >= 4 is 22.8 Å². The van der Waals surface area contributed by atoms with Crippen LogP contribution < -0.4 is 0 Å². The van der Waals surface area contributed by atoms with Crippen LogP contribution in [0.1, 0.15) is 74.5 Å². The van der Waals surface area contributed by atoms with Crippen molar-refractivity contribution in [1.29, 1.82) is 0 Å². The van der Waals surface area contributed by atoms with Crippen molar-refractivity contribution in [3.63, 3.8) is 0 Å². The van der Waals surface area contributed by atoms with Gasteiger partial charge in [0.15, 0.2) is 5.60 Å². The van der Waals surface area contributed by atoms with Crippen molar-refractivity contribution in [2.24, 2.45) is 0 Å². The number of piperazine rings is 1. The van der Waals surface area contributed by atoms with Gasteiger partial charge in [-0.05, 0) is 67.0 Å². The first-order valence-electron chi connectivity index (χ1n) is 15.5. The molecule has 7 nitrogen and oxygen atoms in total. The molecular formula is C34H39N3O4. The molecule has 3 aliphatic carbocycles. The zero-order chi connectivity index (χ0) is 28.0. The molecule has 1 aromatic heterocycles. The van der Waals surface area contributed by atoms with Crippen LogP contribution in [0.3, 0.4) is 0 Å². The zero-order valence-electron chi connectivity index (χ0n) is 24.1. The van der Waals surface area contributed by atoms with E-state index in [-0.39, 0.29) is 23.9 Å². The van der Waals surface area contributed by atoms with E-state index in [1.807, 2.05) is 6.08 Å². The van der Waals surface area contributed by atoms with Crippen molar-refractivity contribution in [1.82, 2.24) is 14.4 Å². The van der Waals surface area contributed by atoms with Crippen molar-refractivity contribution in [3.8, 4) is 0 Å². The summed E-state index contributed by atoms with van der Waals surface area (Å²) in [6.07, 6.45) is 12.8. The van der Waals surface area contributed by atoms with Gasteiger partial charge in [-0.15, -0.1) is 0 Å². The van der Waals surface area contributed by atoms with E-state index in [1.54, 1.807) is 7.11 Å². The molecule has 0 spiro atoms. The summed E-state index contributed by atoms with van der Waals surface area (Å²) in [6.45, 7) is 2.30. The van der Waals surface area contributed by atoms with Crippen molar-refractivity contribution < 1.29 is 19.4 Å². The number of carboxylic acid groups (broad SMARTS) is 1. The molecule has 3 unspecified atom stereocenters. The number of fused-ring (bicyclic) bond motifs is 8. The molecule has 1 amide bonds. The number of aliphatic carboxylic acids is 1. The molecule has 3 fully saturated rings. The van der Waals surface area contributed by atoms with Crippen LogP contribution in [-0.2, 0) is 20.9 Å². The Kier molecular flexibility index (Phi) is 5.71. The summed E-state index contributed by atoms with van der Waals surface area (Å²) in [5.41, 5.74) is 5.64. The minimum atomic E-state index is -1.12. The molecule has 6 aliphatic rings. The first kappa shape index (κ1) is 25.5. The molecule has 0 radical (unpaired) electrons. The minimum absolute atomic E-state index is 0.0679. The molecule has 2 saturated heterocycles. The lowest BCUT2D eigenvalue weighted by Crippen LogP contribution is -2.62. The van der Waals surface area contributed by atoms with Crippen LogP contribution in [0.25, 0.3) is 10.9 Å². The molecule has 7 heteroatoms. The number of rotatable bonds is 4. The second-order valence-electron chi connectivity index (χ2n) is 13.2. The Bertz CT molecular complexity index is 1560. The van der Waals surface area contributed by atoms with E-state index < -0.39 is 11.6 Å². The van der Waals surface area contributed by atoms with Crippen LogP contribution in [0.15, 0.2) is 58.7 Å². The number of ether oxygens (including phenoxy) is 1. The van der Waals surface area contributed by atoms with E-state index in [9.17, 15) is 14.7 Å². The molecule has 41 heavy (non-hydrogen) atoms. The molecular weight excluding hydrogens is 514 g/mol. The normalized spacial score (nSPS) is 31.3. The Morgan fingerprint density at radius 2 is 1.80 bits per heavy atom. The Labute approximate surface area is 241 Å². The second kappa shape index (κ2) is 9.17. The number of amides is 1. The standard InChI is InChI=1S/C34H39N3O4/c1-35-17-22-13-14-23(18-35)37(22)33(40)34(41-2)15-7-12-25-28-26(29(28)32(38)39)19-36-27(30(25)34)16-21-10-6-11-24(31(21)36)20-8-4-3-5-9-20/h6-7,10-12,16,20,22-23,30H,3-5,8-9,13-15,17-19H2,1-2H3,(H,38,39)/t22?,23?,30?,34-/m0/s1. The zero-order valence-corrected chi connectivity index (χ0v) is 24.1. The summed E-state index contributed by atoms with van der Waals surface area (Å²) < 4.78 is 8.82. The summed E-state index contributed by atoms with van der Waals surface area (Å²) in [5.74, 6) is -0.674. The van der Waals surface area contributed by atoms with Gasteiger partial charge < -0.3 is 24.2 Å². The maximum atomic E-state index is 14.9. The number of carbonyl (C=O) groups is 2. The summed E-state index contributed by atoms with van der Waals surface area (Å²) >= 11 is 0. The highest BCUT2D eigenvalue weighted by atomic mass is 16.5. The fraction of sp³-hybridized carbons (Fsp3) is 0.529. The number of allylic oxidation sites excluding steroid dienone is 2. The maximum absolute atomic E-state index is 14.9. The molecule has 4 atom stereocenters.